The molecular weight excluding hydrogens is 404 g/mol. The number of benzene rings is 3. The Morgan fingerprint density at radius 1 is 0.938 bits per heavy atom. The van der Waals surface area contributed by atoms with Gasteiger partial charge < -0.3 is 19.7 Å². The Hall–Kier alpha value is -3.80. The molecule has 0 saturated heterocycles. The quantitative estimate of drug-likeness (QED) is 0.618. The van der Waals surface area contributed by atoms with Crippen molar-refractivity contribution in [3.05, 3.63) is 96.1 Å². The maximum atomic E-state index is 13.0. The zero-order valence-corrected chi connectivity index (χ0v) is 17.9. The molecule has 0 aliphatic carbocycles. The van der Waals surface area contributed by atoms with Gasteiger partial charge in [0, 0.05) is 12.6 Å². The van der Waals surface area contributed by atoms with Crippen molar-refractivity contribution in [2.75, 3.05) is 20.2 Å². The van der Waals surface area contributed by atoms with Gasteiger partial charge in [0.1, 0.15) is 6.61 Å². The summed E-state index contributed by atoms with van der Waals surface area (Å²) in [5.74, 6) is 1.09. The number of para-hydroxylation sites is 2. The van der Waals surface area contributed by atoms with Gasteiger partial charge in [0.15, 0.2) is 17.6 Å². The first-order chi connectivity index (χ1) is 15.6. The molecule has 2 atom stereocenters. The number of nitrogens with one attached hydrogen (secondary N) is 1. The average Bonchev–Trinajstić information content (AvgIpc) is 2.84. The molecule has 1 N–H and O–H groups in total. The van der Waals surface area contributed by atoms with Crippen LogP contribution in [0.4, 0.5) is 0 Å². The number of likely N-dealkylation sites (N-methyl/N-ethyl adjacent to an activating group) is 1. The summed E-state index contributed by atoms with van der Waals surface area (Å²) in [7, 11) is 1.74. The summed E-state index contributed by atoms with van der Waals surface area (Å²) < 4.78 is 11.7. The Balaban J connectivity index is 1.41. The summed E-state index contributed by atoms with van der Waals surface area (Å²) in [6.07, 6.45) is -0.114. The van der Waals surface area contributed by atoms with Crippen LogP contribution in [0.15, 0.2) is 84.9 Å². The highest BCUT2D eigenvalue weighted by Gasteiger charge is 2.26. The Morgan fingerprint density at radius 3 is 2.28 bits per heavy atom. The van der Waals surface area contributed by atoms with Gasteiger partial charge in [0.2, 0.25) is 5.91 Å². The maximum absolute atomic E-state index is 13.0. The van der Waals surface area contributed by atoms with Crippen molar-refractivity contribution in [3.63, 3.8) is 0 Å². The van der Waals surface area contributed by atoms with Gasteiger partial charge >= 0.3 is 0 Å². The lowest BCUT2D eigenvalue weighted by Crippen LogP contribution is -2.43. The molecule has 0 aromatic heterocycles. The summed E-state index contributed by atoms with van der Waals surface area (Å²) in [6, 6.07) is 25.6. The van der Waals surface area contributed by atoms with Crippen LogP contribution in [0.2, 0.25) is 0 Å². The number of amides is 2. The predicted octanol–water partition coefficient (Wildman–Crippen LogP) is 3.85. The van der Waals surface area contributed by atoms with E-state index in [1.807, 2.05) is 72.8 Å². The molecule has 3 aromatic rings. The summed E-state index contributed by atoms with van der Waals surface area (Å²) in [5.41, 5.74) is 1.44. The number of carbonyl (C=O) groups is 2. The third-order valence-corrected chi connectivity index (χ3v) is 5.39. The minimum atomic E-state index is -0.442. The van der Waals surface area contributed by atoms with E-state index in [0.717, 1.165) is 5.56 Å². The second kappa shape index (κ2) is 10.0. The van der Waals surface area contributed by atoms with E-state index in [-0.39, 0.29) is 24.3 Å². The van der Waals surface area contributed by atoms with Gasteiger partial charge in [-0.1, -0.05) is 60.7 Å². The second-order valence-corrected chi connectivity index (χ2v) is 7.78. The van der Waals surface area contributed by atoms with E-state index < -0.39 is 6.04 Å². The molecule has 0 spiro atoms. The topological polar surface area (TPSA) is 67.9 Å². The second-order valence-electron chi connectivity index (χ2n) is 7.78. The van der Waals surface area contributed by atoms with Gasteiger partial charge in [-0.05, 0) is 29.8 Å². The average molecular weight is 431 g/mol. The van der Waals surface area contributed by atoms with E-state index in [2.05, 4.69) is 5.32 Å². The molecule has 0 radical (unpaired) electrons. The highest BCUT2D eigenvalue weighted by Crippen LogP contribution is 2.31. The molecule has 1 aliphatic rings. The minimum absolute atomic E-state index is 0.0883. The predicted molar refractivity (Wildman–Crippen MR) is 122 cm³/mol. The Bertz CT molecular complexity index is 1060. The molecule has 4 rings (SSSR count). The van der Waals surface area contributed by atoms with Crippen molar-refractivity contribution in [1.29, 1.82) is 0 Å². The standard InChI is InChI=1S/C26H26N2O4/c1-28(17-21-18-31-23-14-8-9-15-24(23)32-21)25(29)16-22(19-10-4-2-5-11-19)27-26(30)20-12-6-3-7-13-20/h2-15,21-22H,16-18H2,1H3,(H,27,30)/t21-,22-/m1/s1. The number of fused-ring (bicyclic) bond motifs is 1. The third kappa shape index (κ3) is 5.27. The molecular formula is C26H26N2O4. The van der Waals surface area contributed by atoms with E-state index in [1.165, 1.54) is 0 Å². The van der Waals surface area contributed by atoms with E-state index >= 15 is 0 Å². The molecule has 0 fully saturated rings. The van der Waals surface area contributed by atoms with Gasteiger partial charge in [-0.15, -0.1) is 0 Å². The molecule has 164 valence electrons. The Labute approximate surface area is 187 Å². The molecule has 1 heterocycles. The van der Waals surface area contributed by atoms with Gasteiger partial charge in [0.05, 0.1) is 19.0 Å². The number of nitrogens with zero attached hydrogens (tertiary/aromatic N) is 1. The largest absolute Gasteiger partial charge is 0.486 e. The van der Waals surface area contributed by atoms with Crippen LogP contribution in [0.1, 0.15) is 28.4 Å². The lowest BCUT2D eigenvalue weighted by Gasteiger charge is -2.30. The summed E-state index contributed by atoms with van der Waals surface area (Å²) in [5, 5.41) is 3.01. The van der Waals surface area contributed by atoms with Crippen molar-refractivity contribution < 1.29 is 19.1 Å². The van der Waals surface area contributed by atoms with Crippen LogP contribution >= 0.6 is 0 Å². The number of hydrogen-bond acceptors (Lipinski definition) is 4. The van der Waals surface area contributed by atoms with Crippen LogP contribution in [-0.2, 0) is 4.79 Å². The summed E-state index contributed by atoms with van der Waals surface area (Å²) in [6.45, 7) is 0.767. The smallest absolute Gasteiger partial charge is 0.251 e. The van der Waals surface area contributed by atoms with Crippen molar-refractivity contribution in [2.24, 2.45) is 0 Å². The molecule has 0 saturated carbocycles. The highest BCUT2D eigenvalue weighted by atomic mass is 16.6. The van der Waals surface area contributed by atoms with Gasteiger partial charge in [-0.3, -0.25) is 9.59 Å². The molecule has 3 aromatic carbocycles. The molecule has 6 nitrogen and oxygen atoms in total. The number of carbonyl (C=O) groups excluding carboxylic acids is 2. The van der Waals surface area contributed by atoms with Gasteiger partial charge in [0.25, 0.3) is 5.91 Å². The Morgan fingerprint density at radius 2 is 1.56 bits per heavy atom. The van der Waals surface area contributed by atoms with E-state index in [4.69, 9.17) is 9.47 Å². The van der Waals surface area contributed by atoms with Crippen LogP contribution in [-0.4, -0.2) is 43.0 Å². The van der Waals surface area contributed by atoms with Crippen molar-refractivity contribution in [1.82, 2.24) is 10.2 Å². The van der Waals surface area contributed by atoms with Gasteiger partial charge in [-0.2, -0.15) is 0 Å². The van der Waals surface area contributed by atoms with Crippen LogP contribution in [0.25, 0.3) is 0 Å². The number of rotatable bonds is 7. The van der Waals surface area contributed by atoms with E-state index in [0.29, 0.717) is 30.2 Å². The fraction of sp³-hybridized carbons (Fsp3) is 0.231. The van der Waals surface area contributed by atoms with Crippen LogP contribution in [0.5, 0.6) is 11.5 Å². The summed E-state index contributed by atoms with van der Waals surface area (Å²) >= 11 is 0. The minimum Gasteiger partial charge on any atom is -0.486 e. The lowest BCUT2D eigenvalue weighted by molar-refractivity contribution is -0.131. The lowest BCUT2D eigenvalue weighted by atomic mass is 10.0. The molecule has 0 unspecified atom stereocenters. The zero-order valence-electron chi connectivity index (χ0n) is 17.9. The SMILES string of the molecule is CN(C[C@@H]1COc2ccccc2O1)C(=O)C[C@@H](NC(=O)c1ccccc1)c1ccccc1. The molecule has 2 amide bonds. The number of ether oxygens (including phenoxy) is 2. The third-order valence-electron chi connectivity index (χ3n) is 5.39. The normalized spacial score (nSPS) is 15.5. The molecule has 6 heteroatoms. The highest BCUT2D eigenvalue weighted by molar-refractivity contribution is 5.94. The van der Waals surface area contributed by atoms with Gasteiger partial charge in [-0.25, -0.2) is 0 Å². The fourth-order valence-corrected chi connectivity index (χ4v) is 3.66. The van der Waals surface area contributed by atoms with Crippen LogP contribution in [0.3, 0.4) is 0 Å². The fourth-order valence-electron chi connectivity index (χ4n) is 3.66. The maximum Gasteiger partial charge on any atom is 0.251 e. The molecule has 32 heavy (non-hydrogen) atoms. The van der Waals surface area contributed by atoms with Crippen molar-refractivity contribution >= 4 is 11.8 Å². The van der Waals surface area contributed by atoms with Crippen LogP contribution in [0, 0.1) is 0 Å². The first kappa shape index (κ1) is 21.4. The molecule has 1 aliphatic heterocycles. The van der Waals surface area contributed by atoms with Crippen LogP contribution < -0.4 is 14.8 Å². The van der Waals surface area contributed by atoms with E-state index in [9.17, 15) is 9.59 Å². The first-order valence-electron chi connectivity index (χ1n) is 10.6. The van der Waals surface area contributed by atoms with Crippen molar-refractivity contribution in [3.8, 4) is 11.5 Å². The van der Waals surface area contributed by atoms with Crippen molar-refractivity contribution in [2.45, 2.75) is 18.6 Å². The number of hydrogen-bond donors (Lipinski definition) is 1. The Kier molecular flexibility index (Phi) is 6.70. The monoisotopic (exact) mass is 430 g/mol. The summed E-state index contributed by atoms with van der Waals surface area (Å²) in [4.78, 5) is 27.4. The first-order valence-corrected chi connectivity index (χ1v) is 10.6. The molecule has 0 bridgehead atoms. The zero-order chi connectivity index (χ0) is 22.3. The van der Waals surface area contributed by atoms with E-state index in [1.54, 1.807) is 24.1 Å².